The van der Waals surface area contributed by atoms with Gasteiger partial charge in [-0.25, -0.2) is 26.3 Å². The molecule has 0 spiro atoms. The molecule has 0 amide bonds. The van der Waals surface area contributed by atoms with Crippen molar-refractivity contribution in [3.8, 4) is 0 Å². The first kappa shape index (κ1) is 33.5. The summed E-state index contributed by atoms with van der Waals surface area (Å²) >= 11 is 0. The van der Waals surface area contributed by atoms with Crippen molar-refractivity contribution in [2.45, 2.75) is 47.0 Å². The fourth-order valence-electron chi connectivity index (χ4n) is 1.57. The van der Waals surface area contributed by atoms with Gasteiger partial charge in [-0.1, -0.05) is 34.6 Å². The van der Waals surface area contributed by atoms with E-state index in [0.29, 0.717) is 0 Å². The zero-order valence-corrected chi connectivity index (χ0v) is 18.7. The van der Waals surface area contributed by atoms with Crippen molar-refractivity contribution in [3.63, 3.8) is 0 Å². The first-order valence-corrected chi connectivity index (χ1v) is 10.1. The van der Waals surface area contributed by atoms with Crippen LogP contribution in [0.2, 0.25) is 0 Å². The van der Waals surface area contributed by atoms with Crippen molar-refractivity contribution in [1.82, 2.24) is 0 Å². The van der Waals surface area contributed by atoms with E-state index in [9.17, 15) is 30.7 Å². The van der Waals surface area contributed by atoms with E-state index in [1.165, 1.54) is 27.8 Å². The van der Waals surface area contributed by atoms with Gasteiger partial charge in [0.2, 0.25) is 0 Å². The second-order valence-corrected chi connectivity index (χ2v) is 8.93. The van der Waals surface area contributed by atoms with Crippen LogP contribution in [0.1, 0.15) is 27.8 Å². The smallest absolute Gasteiger partial charge is 0.307 e. The van der Waals surface area contributed by atoms with Gasteiger partial charge in [-0.3, -0.25) is 0 Å². The average molecular weight is 503 g/mol. The zero-order chi connectivity index (χ0) is 20.0. The summed E-state index contributed by atoms with van der Waals surface area (Å²) in [5.41, 5.74) is 7.34. The van der Waals surface area contributed by atoms with Crippen molar-refractivity contribution in [3.05, 3.63) is 34.0 Å². The third-order valence-electron chi connectivity index (χ3n) is 3.31. The normalized spacial score (nSPS) is 11.0. The molecule has 0 atom stereocenters. The third-order valence-corrected chi connectivity index (χ3v) is 3.31. The average Bonchev–Trinajstić information content (AvgIpc) is 2.54. The zero-order valence-electron chi connectivity index (χ0n) is 16.1. The number of hydrogen-bond donors (Lipinski definition) is 0. The third kappa shape index (κ3) is 12.3. The molecule has 0 aliphatic rings. The van der Waals surface area contributed by atoms with Crippen LogP contribution in [0.25, 0.3) is 0 Å². The van der Waals surface area contributed by atoms with E-state index in [1.54, 1.807) is 0 Å². The molecule has 0 heterocycles. The molecule has 0 fully saturated rings. The fourth-order valence-corrected chi connectivity index (χ4v) is 1.57. The molecule has 161 valence electrons. The van der Waals surface area contributed by atoms with Crippen LogP contribution in [0.4, 0.5) is 30.7 Å². The predicted octanol–water partition coefficient (Wildman–Crippen LogP) is 5.73. The molecule has 3 N–H and O–H groups in total. The first-order valence-electron chi connectivity index (χ1n) is 7.07. The molecular formula is C16H28F7OPRh. The van der Waals surface area contributed by atoms with Crippen LogP contribution in [0, 0.1) is 40.8 Å². The van der Waals surface area contributed by atoms with Crippen LogP contribution in [0.5, 0.6) is 0 Å². The maximum atomic E-state index is 11.1. The van der Waals surface area contributed by atoms with E-state index < -0.39 is 18.5 Å². The topological polar surface area (TPSA) is 33.0 Å². The molecule has 0 bridgehead atoms. The Bertz CT molecular complexity index is 411. The van der Waals surface area contributed by atoms with Gasteiger partial charge >= 0.3 is 12.4 Å². The van der Waals surface area contributed by atoms with E-state index >= 15 is 0 Å². The second kappa shape index (κ2) is 13.1. The van der Waals surface area contributed by atoms with E-state index in [2.05, 4.69) is 54.6 Å². The van der Waals surface area contributed by atoms with Crippen molar-refractivity contribution >= 4 is 7.92 Å². The number of alkyl halides is 6. The Balaban J connectivity index is -0.000000146. The molecule has 0 aromatic heterocycles. The van der Waals surface area contributed by atoms with Gasteiger partial charge in [-0.05, 0) is 7.92 Å². The molecule has 1 nitrogen and oxygen atoms in total. The summed E-state index contributed by atoms with van der Waals surface area (Å²) in [6.07, 6.45) is -15.8. The van der Waals surface area contributed by atoms with Crippen LogP contribution in [-0.4, -0.2) is 32.3 Å². The predicted molar refractivity (Wildman–Crippen MR) is 93.1 cm³/mol. The summed E-state index contributed by atoms with van der Waals surface area (Å²) < 4.78 is 76.0. The molecule has 0 aliphatic heterocycles. The largest absolute Gasteiger partial charge is 0.457 e. The summed E-state index contributed by atoms with van der Waals surface area (Å²) in [4.78, 5) is 0. The maximum absolute atomic E-state index is 11.1. The molecule has 1 aromatic rings. The van der Waals surface area contributed by atoms with Crippen molar-refractivity contribution in [1.29, 1.82) is 0 Å². The minimum Gasteiger partial charge on any atom is -0.457 e. The Labute approximate surface area is 164 Å². The summed E-state index contributed by atoms with van der Waals surface area (Å²) in [5.74, 6) is 0. The second-order valence-electron chi connectivity index (χ2n) is 5.93. The Morgan fingerprint density at radius 2 is 0.962 bits per heavy atom. The van der Waals surface area contributed by atoms with Crippen LogP contribution < -0.4 is 0 Å². The van der Waals surface area contributed by atoms with E-state index in [4.69, 9.17) is 0 Å². The molecular weight excluding hydrogens is 475 g/mol. The maximum Gasteiger partial charge on any atom is 0.307 e. The summed E-state index contributed by atoms with van der Waals surface area (Å²) in [7, 11) is 0.120. The van der Waals surface area contributed by atoms with Gasteiger partial charge < -0.3 is 9.87 Å². The standard InChI is InChI=1S/C10H15.C3F7.C3H9P.H2O.Rh/c1-6-7(2)9(4)10(5)8(6)3;4-1(2(5,6)7)3(8,9)10;1-4(2)3;;/h1-5H3;;1-3H3;1H2;/q2*-1;;;/p+2. The molecule has 1 aromatic carbocycles. The minimum absolute atomic E-state index is 0. The van der Waals surface area contributed by atoms with Crippen LogP contribution >= 0.6 is 7.92 Å². The van der Waals surface area contributed by atoms with Crippen LogP contribution in [0.15, 0.2) is 0 Å². The van der Waals surface area contributed by atoms with Gasteiger partial charge in [0.15, 0.2) is 0 Å². The quantitative estimate of drug-likeness (QED) is 0.143. The van der Waals surface area contributed by atoms with Gasteiger partial charge in [0.25, 0.3) is 0 Å². The number of halogens is 7. The molecule has 0 unspecified atom stereocenters. The monoisotopic (exact) mass is 503 g/mol. The molecule has 1 radical (unpaired) electrons. The number of rotatable bonds is 0. The summed E-state index contributed by atoms with van der Waals surface area (Å²) in [5, 5.41) is 0. The Hall–Kier alpha value is -0.127. The minimum atomic E-state index is -5.93. The summed E-state index contributed by atoms with van der Waals surface area (Å²) in [6.45, 7) is 17.8. The van der Waals surface area contributed by atoms with E-state index in [1.807, 2.05) is 0 Å². The van der Waals surface area contributed by atoms with Crippen LogP contribution in [-0.2, 0) is 25.0 Å². The van der Waals surface area contributed by atoms with Gasteiger partial charge in [-0.15, -0.1) is 0 Å². The van der Waals surface area contributed by atoms with E-state index in [-0.39, 0.29) is 32.9 Å². The number of hydrogen-bond acceptors (Lipinski definition) is 0. The molecule has 1 rings (SSSR count). The fraction of sp³-hybridized carbons (Fsp3) is 0.625. The van der Waals surface area contributed by atoms with Crippen molar-refractivity contribution in [2.75, 3.05) is 20.0 Å². The first-order chi connectivity index (χ1) is 10.4. The van der Waals surface area contributed by atoms with Crippen molar-refractivity contribution < 1.29 is 55.7 Å². The molecule has 0 aliphatic carbocycles. The SMILES string of the molecule is C[PH+](C)C.Cc1c(C)c(C)[c-](C)c1C.F[C-](C(F)(F)F)C(F)(F)F.[OH3+].[Rh]. The van der Waals surface area contributed by atoms with Gasteiger partial charge in [0.1, 0.15) is 0 Å². The Morgan fingerprint density at radius 3 is 1.00 bits per heavy atom. The van der Waals surface area contributed by atoms with E-state index in [0.717, 1.165) is 0 Å². The van der Waals surface area contributed by atoms with Gasteiger partial charge in [0, 0.05) is 45.6 Å². The Morgan fingerprint density at radius 1 is 0.769 bits per heavy atom. The molecule has 0 saturated heterocycles. The van der Waals surface area contributed by atoms with Gasteiger partial charge in [-0.2, -0.15) is 27.8 Å². The van der Waals surface area contributed by atoms with Gasteiger partial charge in [0.05, 0.1) is 0 Å². The molecule has 26 heavy (non-hydrogen) atoms. The Kier molecular flexibility index (Phi) is 16.9. The molecule has 0 saturated carbocycles. The molecule has 10 heteroatoms. The van der Waals surface area contributed by atoms with Crippen molar-refractivity contribution in [2.24, 2.45) is 0 Å². The summed E-state index contributed by atoms with van der Waals surface area (Å²) in [6, 6.07) is 0. The van der Waals surface area contributed by atoms with Crippen LogP contribution in [0.3, 0.4) is 0 Å².